The van der Waals surface area contributed by atoms with Crippen molar-refractivity contribution in [2.45, 2.75) is 57.0 Å². The van der Waals surface area contributed by atoms with Crippen molar-refractivity contribution in [3.05, 3.63) is 36.2 Å². The average molecular weight is 397 g/mol. The highest BCUT2D eigenvalue weighted by Gasteiger charge is 2.54. The second kappa shape index (κ2) is 7.00. The molecule has 1 spiro atoms. The molecule has 29 heavy (non-hydrogen) atoms. The number of nitrogens with one attached hydrogen (secondary N) is 1. The molecule has 1 unspecified atom stereocenters. The van der Waals surface area contributed by atoms with Crippen molar-refractivity contribution in [2.24, 2.45) is 11.8 Å². The zero-order valence-corrected chi connectivity index (χ0v) is 16.7. The Morgan fingerprint density at radius 3 is 2.79 bits per heavy atom. The van der Waals surface area contributed by atoms with E-state index in [4.69, 9.17) is 4.52 Å². The van der Waals surface area contributed by atoms with Gasteiger partial charge in [0.05, 0.1) is 23.7 Å². The lowest BCUT2D eigenvalue weighted by Gasteiger charge is -2.50. The average Bonchev–Trinajstić information content (AvgIpc) is 3.39. The van der Waals surface area contributed by atoms with E-state index in [2.05, 4.69) is 26.9 Å². The van der Waals surface area contributed by atoms with Crippen LogP contribution in [0.1, 0.15) is 56.6 Å². The summed E-state index contributed by atoms with van der Waals surface area (Å²) in [5.41, 5.74) is 0.468. The Kier molecular flexibility index (Phi) is 4.44. The first kappa shape index (κ1) is 18.4. The van der Waals surface area contributed by atoms with E-state index in [0.717, 1.165) is 43.8 Å². The van der Waals surface area contributed by atoms with E-state index in [9.17, 15) is 9.59 Å². The number of nitrogens with zero attached hydrogens (tertiary/aromatic N) is 4. The molecule has 8 heteroatoms. The van der Waals surface area contributed by atoms with Gasteiger partial charge in [-0.1, -0.05) is 12.1 Å². The van der Waals surface area contributed by atoms with Gasteiger partial charge in [-0.15, -0.1) is 0 Å². The van der Waals surface area contributed by atoms with Crippen molar-refractivity contribution in [3.8, 4) is 0 Å². The zero-order valence-electron chi connectivity index (χ0n) is 16.7. The molecule has 1 saturated heterocycles. The van der Waals surface area contributed by atoms with Crippen LogP contribution in [0, 0.1) is 11.8 Å². The van der Waals surface area contributed by atoms with Crippen LogP contribution in [0.15, 0.2) is 29.2 Å². The summed E-state index contributed by atoms with van der Waals surface area (Å²) in [6, 6.07) is 1.55. The number of carbonyl (C=O) groups is 2. The van der Waals surface area contributed by atoms with Crippen LogP contribution >= 0.6 is 0 Å². The van der Waals surface area contributed by atoms with Gasteiger partial charge in [0.1, 0.15) is 12.1 Å². The van der Waals surface area contributed by atoms with E-state index in [0.29, 0.717) is 24.7 Å². The van der Waals surface area contributed by atoms with Crippen LogP contribution in [0.25, 0.3) is 0 Å². The molecular weight excluding hydrogens is 370 g/mol. The second-order valence-electron chi connectivity index (χ2n) is 9.02. The molecule has 2 fully saturated rings. The van der Waals surface area contributed by atoms with Gasteiger partial charge in [-0.05, 0) is 31.6 Å². The first-order chi connectivity index (χ1) is 14.0. The first-order valence-electron chi connectivity index (χ1n) is 10.6. The molecule has 154 valence electrons. The topological polar surface area (TPSA) is 93.3 Å². The predicted molar refractivity (Wildman–Crippen MR) is 104 cm³/mol. The molecule has 5 rings (SSSR count). The molecular formula is C21H27N5O3. The normalized spacial score (nSPS) is 27.5. The molecule has 8 nitrogen and oxygen atoms in total. The minimum Gasteiger partial charge on any atom is -0.364 e. The number of aromatic nitrogens is 3. The van der Waals surface area contributed by atoms with Gasteiger partial charge in [0.2, 0.25) is 11.8 Å². The van der Waals surface area contributed by atoms with Crippen LogP contribution in [0.2, 0.25) is 0 Å². The van der Waals surface area contributed by atoms with Crippen molar-refractivity contribution < 1.29 is 14.1 Å². The van der Waals surface area contributed by atoms with Crippen molar-refractivity contribution >= 4 is 11.8 Å². The van der Waals surface area contributed by atoms with Crippen molar-refractivity contribution in [1.82, 2.24) is 24.9 Å². The summed E-state index contributed by atoms with van der Waals surface area (Å²) >= 11 is 0. The van der Waals surface area contributed by atoms with Gasteiger partial charge in [0.15, 0.2) is 0 Å². The molecule has 0 radical (unpaired) electrons. The number of fused-ring (bicyclic) bond motifs is 2. The third-order valence-electron chi connectivity index (χ3n) is 6.89. The van der Waals surface area contributed by atoms with Crippen molar-refractivity contribution in [1.29, 1.82) is 0 Å². The Labute approximate surface area is 169 Å². The van der Waals surface area contributed by atoms with E-state index < -0.39 is 0 Å². The summed E-state index contributed by atoms with van der Waals surface area (Å²) in [7, 11) is 0. The van der Waals surface area contributed by atoms with Crippen LogP contribution in [-0.2, 0) is 21.5 Å². The van der Waals surface area contributed by atoms with E-state index in [1.165, 1.54) is 6.26 Å². The molecule has 1 saturated carbocycles. The van der Waals surface area contributed by atoms with Gasteiger partial charge in [0.25, 0.3) is 0 Å². The summed E-state index contributed by atoms with van der Waals surface area (Å²) < 4.78 is 6.96. The molecule has 0 bridgehead atoms. The number of amides is 2. The van der Waals surface area contributed by atoms with Gasteiger partial charge < -0.3 is 19.3 Å². The Morgan fingerprint density at radius 2 is 2.07 bits per heavy atom. The summed E-state index contributed by atoms with van der Waals surface area (Å²) in [6.07, 6.45) is 10.5. The highest BCUT2D eigenvalue weighted by atomic mass is 16.5. The fourth-order valence-corrected chi connectivity index (χ4v) is 5.26. The number of hydrogen-bond donors (Lipinski definition) is 1. The standard InChI is InChI=1S/C21H27N5O3/c1-14-2-4-15(5-3-14)20(28)25-12-21(13-25)11-17(19-22-7-8-26(19)21)23-18(27)10-16-6-9-29-24-16/h6-9,14-15,17H,2-5,10-13H2,1H3,(H,23,27). The maximum absolute atomic E-state index is 12.9. The summed E-state index contributed by atoms with van der Waals surface area (Å²) in [4.78, 5) is 31.8. The molecule has 2 aromatic rings. The predicted octanol–water partition coefficient (Wildman–Crippen LogP) is 2.04. The van der Waals surface area contributed by atoms with Crippen LogP contribution in [0.5, 0.6) is 0 Å². The second-order valence-corrected chi connectivity index (χ2v) is 9.02. The molecule has 4 heterocycles. The quantitative estimate of drug-likeness (QED) is 0.852. The summed E-state index contributed by atoms with van der Waals surface area (Å²) in [6.45, 7) is 3.68. The zero-order chi connectivity index (χ0) is 20.0. The number of rotatable bonds is 4. The van der Waals surface area contributed by atoms with E-state index in [1.807, 2.05) is 11.1 Å². The Bertz CT molecular complexity index is 891. The largest absolute Gasteiger partial charge is 0.364 e. The third kappa shape index (κ3) is 3.24. The van der Waals surface area contributed by atoms with Crippen LogP contribution in [-0.4, -0.2) is 44.5 Å². The van der Waals surface area contributed by atoms with Gasteiger partial charge in [-0.2, -0.15) is 0 Å². The summed E-state index contributed by atoms with van der Waals surface area (Å²) in [5.74, 6) is 2.01. The van der Waals surface area contributed by atoms with Crippen LogP contribution in [0.3, 0.4) is 0 Å². The maximum atomic E-state index is 12.9. The SMILES string of the molecule is CC1CCC(C(=O)N2CC3(CC(NC(=O)Cc4ccon4)c4nccn43)C2)CC1. The van der Waals surface area contributed by atoms with Crippen LogP contribution < -0.4 is 5.32 Å². The number of carbonyl (C=O) groups excluding carboxylic acids is 2. The maximum Gasteiger partial charge on any atom is 0.226 e. The van der Waals surface area contributed by atoms with Crippen molar-refractivity contribution in [3.63, 3.8) is 0 Å². The molecule has 1 aliphatic carbocycles. The van der Waals surface area contributed by atoms with E-state index in [-0.39, 0.29) is 29.8 Å². The van der Waals surface area contributed by atoms with Gasteiger partial charge >= 0.3 is 0 Å². The molecule has 0 aromatic carbocycles. The van der Waals surface area contributed by atoms with Gasteiger partial charge in [0, 0.05) is 43.9 Å². The molecule has 2 aliphatic heterocycles. The monoisotopic (exact) mass is 397 g/mol. The Morgan fingerprint density at radius 1 is 1.28 bits per heavy atom. The summed E-state index contributed by atoms with van der Waals surface area (Å²) in [5, 5.41) is 6.89. The molecule has 1 atom stereocenters. The smallest absolute Gasteiger partial charge is 0.226 e. The minimum absolute atomic E-state index is 0.0981. The molecule has 2 aromatic heterocycles. The minimum atomic E-state index is -0.144. The number of imidazole rings is 1. The highest BCUT2D eigenvalue weighted by Crippen LogP contribution is 2.45. The first-order valence-corrected chi connectivity index (χ1v) is 10.6. The molecule has 3 aliphatic rings. The number of hydrogen-bond acceptors (Lipinski definition) is 5. The van der Waals surface area contributed by atoms with Crippen LogP contribution in [0.4, 0.5) is 0 Å². The fraction of sp³-hybridized carbons (Fsp3) is 0.619. The highest BCUT2D eigenvalue weighted by molar-refractivity contribution is 5.80. The van der Waals surface area contributed by atoms with Gasteiger partial charge in [-0.25, -0.2) is 4.98 Å². The van der Waals surface area contributed by atoms with Crippen molar-refractivity contribution in [2.75, 3.05) is 13.1 Å². The lowest BCUT2D eigenvalue weighted by atomic mass is 9.80. The lowest BCUT2D eigenvalue weighted by molar-refractivity contribution is -0.148. The molecule has 2 amide bonds. The van der Waals surface area contributed by atoms with Gasteiger partial charge in [-0.3, -0.25) is 9.59 Å². The fourth-order valence-electron chi connectivity index (χ4n) is 5.26. The third-order valence-corrected chi connectivity index (χ3v) is 6.89. The molecule has 1 N–H and O–H groups in total. The van der Waals surface area contributed by atoms with E-state index in [1.54, 1.807) is 12.3 Å². The lowest BCUT2D eigenvalue weighted by Crippen LogP contribution is -2.64. The Hall–Kier alpha value is -2.64. The Balaban J connectivity index is 1.22. The van der Waals surface area contributed by atoms with E-state index >= 15 is 0 Å². The number of likely N-dealkylation sites (tertiary alicyclic amines) is 1.